The van der Waals surface area contributed by atoms with Gasteiger partial charge in [-0.1, -0.05) is 0 Å². The van der Waals surface area contributed by atoms with E-state index in [1.54, 1.807) is 11.8 Å². The molecule has 0 aliphatic carbocycles. The standard InChI is InChI=1S/C14H13F3N2O2/c1-13(12(20)21)4-5-19(8-13)10-3-2-9(7-18)11(6-10)14(15,16)17/h2-3,6H,4-5,8H2,1H3,(H,20,21). The van der Waals surface area contributed by atoms with Crippen molar-refractivity contribution in [3.63, 3.8) is 0 Å². The third kappa shape index (κ3) is 2.79. The van der Waals surface area contributed by atoms with Crippen LogP contribution >= 0.6 is 0 Å². The summed E-state index contributed by atoms with van der Waals surface area (Å²) in [4.78, 5) is 12.8. The van der Waals surface area contributed by atoms with E-state index in [4.69, 9.17) is 10.4 Å². The molecule has 1 aliphatic heterocycles. The van der Waals surface area contributed by atoms with Gasteiger partial charge < -0.3 is 10.0 Å². The molecule has 1 saturated heterocycles. The summed E-state index contributed by atoms with van der Waals surface area (Å²) in [6.07, 6.45) is -4.25. The Balaban J connectivity index is 2.35. The largest absolute Gasteiger partial charge is 0.481 e. The van der Waals surface area contributed by atoms with E-state index in [-0.39, 0.29) is 12.2 Å². The van der Waals surface area contributed by atoms with Gasteiger partial charge >= 0.3 is 12.1 Å². The minimum Gasteiger partial charge on any atom is -0.481 e. The molecule has 0 radical (unpaired) electrons. The maximum Gasteiger partial charge on any atom is 0.417 e. The number of halogens is 3. The monoisotopic (exact) mass is 298 g/mol. The van der Waals surface area contributed by atoms with Crippen molar-refractivity contribution in [1.82, 2.24) is 0 Å². The molecule has 1 aromatic rings. The minimum atomic E-state index is -4.61. The molecule has 0 amide bonds. The third-order valence-electron chi connectivity index (χ3n) is 3.78. The Morgan fingerprint density at radius 2 is 2.14 bits per heavy atom. The van der Waals surface area contributed by atoms with Crippen molar-refractivity contribution in [3.8, 4) is 6.07 Å². The second kappa shape index (κ2) is 4.95. The predicted octanol–water partition coefficient (Wildman–Crippen LogP) is 2.88. The number of carboxylic acids is 1. The highest BCUT2D eigenvalue weighted by molar-refractivity contribution is 5.76. The van der Waals surface area contributed by atoms with Gasteiger partial charge in [-0.05, 0) is 31.5 Å². The van der Waals surface area contributed by atoms with Crippen LogP contribution in [-0.2, 0) is 11.0 Å². The summed E-state index contributed by atoms with van der Waals surface area (Å²) in [6, 6.07) is 4.97. The number of nitriles is 1. The molecule has 0 spiro atoms. The molecule has 112 valence electrons. The van der Waals surface area contributed by atoms with Crippen molar-refractivity contribution >= 4 is 11.7 Å². The summed E-state index contributed by atoms with van der Waals surface area (Å²) in [5.74, 6) is -0.963. The second-order valence-corrected chi connectivity index (χ2v) is 5.38. The van der Waals surface area contributed by atoms with Gasteiger partial charge in [0.1, 0.15) is 0 Å². The quantitative estimate of drug-likeness (QED) is 0.912. The zero-order chi connectivity index (χ0) is 15.8. The first-order chi connectivity index (χ1) is 9.67. The third-order valence-corrected chi connectivity index (χ3v) is 3.78. The highest BCUT2D eigenvalue weighted by atomic mass is 19.4. The molecule has 7 heteroatoms. The minimum absolute atomic E-state index is 0.144. The lowest BCUT2D eigenvalue weighted by Gasteiger charge is -2.23. The molecular formula is C14H13F3N2O2. The molecule has 1 atom stereocenters. The molecule has 0 aromatic heterocycles. The van der Waals surface area contributed by atoms with Crippen LogP contribution in [0.15, 0.2) is 18.2 Å². The van der Waals surface area contributed by atoms with E-state index < -0.39 is 28.7 Å². The van der Waals surface area contributed by atoms with Crippen LogP contribution in [0.4, 0.5) is 18.9 Å². The van der Waals surface area contributed by atoms with E-state index in [1.165, 1.54) is 12.1 Å². The number of hydrogen-bond donors (Lipinski definition) is 1. The molecule has 1 heterocycles. The smallest absolute Gasteiger partial charge is 0.417 e. The average molecular weight is 298 g/mol. The van der Waals surface area contributed by atoms with Gasteiger partial charge in [0.15, 0.2) is 0 Å². The maximum atomic E-state index is 12.9. The van der Waals surface area contributed by atoms with E-state index in [0.29, 0.717) is 13.0 Å². The molecule has 1 aliphatic rings. The van der Waals surface area contributed by atoms with Gasteiger partial charge in [-0.15, -0.1) is 0 Å². The van der Waals surface area contributed by atoms with Gasteiger partial charge in [-0.25, -0.2) is 0 Å². The fourth-order valence-corrected chi connectivity index (χ4v) is 2.42. The van der Waals surface area contributed by atoms with Crippen molar-refractivity contribution in [2.75, 3.05) is 18.0 Å². The van der Waals surface area contributed by atoms with Gasteiger partial charge in [0.25, 0.3) is 0 Å². The van der Waals surface area contributed by atoms with Crippen molar-refractivity contribution in [2.45, 2.75) is 19.5 Å². The number of carboxylic acid groups (broad SMARTS) is 1. The first kappa shape index (κ1) is 15.2. The topological polar surface area (TPSA) is 64.3 Å². The van der Waals surface area contributed by atoms with Crippen LogP contribution in [0.25, 0.3) is 0 Å². The number of nitrogens with zero attached hydrogens (tertiary/aromatic N) is 2. The highest BCUT2D eigenvalue weighted by Gasteiger charge is 2.41. The van der Waals surface area contributed by atoms with Crippen molar-refractivity contribution in [1.29, 1.82) is 5.26 Å². The van der Waals surface area contributed by atoms with Gasteiger partial charge in [-0.3, -0.25) is 4.79 Å². The molecule has 0 bridgehead atoms. The molecule has 21 heavy (non-hydrogen) atoms. The second-order valence-electron chi connectivity index (χ2n) is 5.38. The first-order valence-corrected chi connectivity index (χ1v) is 6.27. The van der Waals surface area contributed by atoms with Crippen LogP contribution in [0.3, 0.4) is 0 Å². The zero-order valence-electron chi connectivity index (χ0n) is 11.2. The van der Waals surface area contributed by atoms with Crippen LogP contribution in [0, 0.1) is 16.7 Å². The fraction of sp³-hybridized carbons (Fsp3) is 0.429. The number of benzene rings is 1. The summed E-state index contributed by atoms with van der Waals surface area (Å²) < 4.78 is 38.8. The van der Waals surface area contributed by atoms with Crippen LogP contribution in [-0.4, -0.2) is 24.2 Å². The number of anilines is 1. The van der Waals surface area contributed by atoms with E-state index in [1.807, 2.05) is 0 Å². The summed E-state index contributed by atoms with van der Waals surface area (Å²) in [5, 5.41) is 17.9. The van der Waals surface area contributed by atoms with Crippen LogP contribution in [0.1, 0.15) is 24.5 Å². The van der Waals surface area contributed by atoms with Gasteiger partial charge in [0.05, 0.1) is 22.6 Å². The number of alkyl halides is 3. The zero-order valence-corrected chi connectivity index (χ0v) is 11.2. The van der Waals surface area contributed by atoms with Crippen LogP contribution < -0.4 is 4.90 Å². The Morgan fingerprint density at radius 3 is 2.62 bits per heavy atom. The molecule has 4 nitrogen and oxygen atoms in total. The lowest BCUT2D eigenvalue weighted by Crippen LogP contribution is -2.31. The first-order valence-electron chi connectivity index (χ1n) is 6.27. The predicted molar refractivity (Wildman–Crippen MR) is 68.7 cm³/mol. The highest BCUT2D eigenvalue weighted by Crippen LogP contribution is 2.37. The molecule has 0 saturated carbocycles. The summed E-state index contributed by atoms with van der Waals surface area (Å²) in [7, 11) is 0. The molecule has 2 rings (SSSR count). The molecule has 1 N–H and O–H groups in total. The van der Waals surface area contributed by atoms with Gasteiger partial charge in [-0.2, -0.15) is 18.4 Å². The van der Waals surface area contributed by atoms with Crippen molar-refractivity contribution in [3.05, 3.63) is 29.3 Å². The Bertz CT molecular complexity index is 622. The van der Waals surface area contributed by atoms with E-state index in [0.717, 1.165) is 12.1 Å². The number of hydrogen-bond acceptors (Lipinski definition) is 3. The maximum absolute atomic E-state index is 12.9. The molecule has 1 unspecified atom stereocenters. The summed E-state index contributed by atoms with van der Waals surface area (Å²) in [5.41, 5.74) is -2.11. The van der Waals surface area contributed by atoms with Crippen LogP contribution in [0.2, 0.25) is 0 Å². The SMILES string of the molecule is CC1(C(=O)O)CCN(c2ccc(C#N)c(C(F)(F)F)c2)C1. The number of carbonyl (C=O) groups is 1. The molecule has 1 fully saturated rings. The Morgan fingerprint density at radius 1 is 1.48 bits per heavy atom. The Labute approximate surface area is 119 Å². The molecule has 1 aromatic carbocycles. The summed E-state index contributed by atoms with van der Waals surface area (Å²) >= 11 is 0. The molecular weight excluding hydrogens is 285 g/mol. The number of rotatable bonds is 2. The lowest BCUT2D eigenvalue weighted by atomic mass is 9.90. The van der Waals surface area contributed by atoms with Crippen molar-refractivity contribution in [2.24, 2.45) is 5.41 Å². The van der Waals surface area contributed by atoms with Crippen LogP contribution in [0.5, 0.6) is 0 Å². The van der Waals surface area contributed by atoms with E-state index >= 15 is 0 Å². The van der Waals surface area contributed by atoms with Gasteiger partial charge in [0, 0.05) is 18.8 Å². The van der Waals surface area contributed by atoms with E-state index in [9.17, 15) is 18.0 Å². The van der Waals surface area contributed by atoms with Gasteiger partial charge in [0.2, 0.25) is 0 Å². The Kier molecular flexibility index (Phi) is 3.58. The lowest BCUT2D eigenvalue weighted by molar-refractivity contribution is -0.146. The van der Waals surface area contributed by atoms with Crippen molar-refractivity contribution < 1.29 is 23.1 Å². The average Bonchev–Trinajstić information content (AvgIpc) is 2.81. The summed E-state index contributed by atoms with van der Waals surface area (Å²) in [6.45, 7) is 2.08. The van der Waals surface area contributed by atoms with E-state index in [2.05, 4.69) is 0 Å². The fourth-order valence-electron chi connectivity index (χ4n) is 2.42. The Hall–Kier alpha value is -2.23. The number of aliphatic carboxylic acids is 1. The normalized spacial score (nSPS) is 22.1.